The molecule has 1 atom stereocenters. The molecule has 1 aliphatic rings. The highest BCUT2D eigenvalue weighted by atomic mass is 16.5. The number of hydrogen-bond acceptors (Lipinski definition) is 3. The largest absolute Gasteiger partial charge is 0.492 e. The number of ether oxygens (including phenoxy) is 1. The summed E-state index contributed by atoms with van der Waals surface area (Å²) in [5, 5.41) is 3.51. The highest BCUT2D eigenvalue weighted by Crippen LogP contribution is 2.24. The maximum absolute atomic E-state index is 5.45. The molecule has 1 aliphatic heterocycles. The van der Waals surface area contributed by atoms with E-state index in [1.165, 1.54) is 24.8 Å². The number of nitrogens with zero attached hydrogens (tertiary/aromatic N) is 1. The molecular formula is C12H18N2O. The molecule has 15 heavy (non-hydrogen) atoms. The lowest BCUT2D eigenvalue weighted by atomic mass is 9.99. The zero-order valence-corrected chi connectivity index (χ0v) is 9.20. The fourth-order valence-electron chi connectivity index (χ4n) is 2.01. The molecule has 0 aromatic carbocycles. The van der Waals surface area contributed by atoms with Gasteiger partial charge in [-0.3, -0.25) is 4.98 Å². The van der Waals surface area contributed by atoms with Crippen molar-refractivity contribution in [3.8, 4) is 5.75 Å². The van der Waals surface area contributed by atoms with Crippen molar-refractivity contribution >= 4 is 0 Å². The van der Waals surface area contributed by atoms with Crippen molar-refractivity contribution in [1.29, 1.82) is 0 Å². The first-order chi connectivity index (χ1) is 7.40. The SMILES string of the molecule is CCOc1cncc(C2CCCCN2)c1. The summed E-state index contributed by atoms with van der Waals surface area (Å²) in [5.41, 5.74) is 1.25. The third-order valence-electron chi connectivity index (χ3n) is 2.76. The fraction of sp³-hybridized carbons (Fsp3) is 0.583. The van der Waals surface area contributed by atoms with E-state index in [1.54, 1.807) is 6.20 Å². The number of hydrogen-bond donors (Lipinski definition) is 1. The maximum atomic E-state index is 5.45. The average Bonchev–Trinajstić information content (AvgIpc) is 2.31. The normalized spacial score (nSPS) is 21.3. The maximum Gasteiger partial charge on any atom is 0.137 e. The minimum Gasteiger partial charge on any atom is -0.492 e. The Balaban J connectivity index is 2.09. The second kappa shape index (κ2) is 5.12. The van der Waals surface area contributed by atoms with Gasteiger partial charge in [-0.1, -0.05) is 6.42 Å². The van der Waals surface area contributed by atoms with E-state index >= 15 is 0 Å². The lowest BCUT2D eigenvalue weighted by Gasteiger charge is -2.23. The standard InChI is InChI=1S/C12H18N2O/c1-2-15-11-7-10(8-13-9-11)12-5-3-4-6-14-12/h7-9,12,14H,2-6H2,1H3. The van der Waals surface area contributed by atoms with Crippen LogP contribution in [0.3, 0.4) is 0 Å². The van der Waals surface area contributed by atoms with Crippen molar-refractivity contribution in [1.82, 2.24) is 10.3 Å². The van der Waals surface area contributed by atoms with Gasteiger partial charge in [-0.15, -0.1) is 0 Å². The van der Waals surface area contributed by atoms with Crippen molar-refractivity contribution < 1.29 is 4.74 Å². The summed E-state index contributed by atoms with van der Waals surface area (Å²) in [6, 6.07) is 2.56. The summed E-state index contributed by atoms with van der Waals surface area (Å²) >= 11 is 0. The average molecular weight is 206 g/mol. The van der Waals surface area contributed by atoms with Gasteiger partial charge < -0.3 is 10.1 Å². The number of piperidine rings is 1. The van der Waals surface area contributed by atoms with Gasteiger partial charge >= 0.3 is 0 Å². The molecule has 0 aliphatic carbocycles. The summed E-state index contributed by atoms with van der Waals surface area (Å²) in [5.74, 6) is 0.877. The second-order valence-corrected chi connectivity index (χ2v) is 3.89. The van der Waals surface area contributed by atoms with Gasteiger partial charge in [0.15, 0.2) is 0 Å². The minimum atomic E-state index is 0.464. The topological polar surface area (TPSA) is 34.1 Å². The van der Waals surface area contributed by atoms with Gasteiger partial charge in [0, 0.05) is 12.2 Å². The Kier molecular flexibility index (Phi) is 3.56. The Bertz CT molecular complexity index is 308. The van der Waals surface area contributed by atoms with Crippen LogP contribution in [0.2, 0.25) is 0 Å². The van der Waals surface area contributed by atoms with Gasteiger partial charge in [0.25, 0.3) is 0 Å². The molecule has 82 valence electrons. The summed E-state index contributed by atoms with van der Waals surface area (Å²) in [6.07, 6.45) is 7.50. The van der Waals surface area contributed by atoms with E-state index in [-0.39, 0.29) is 0 Å². The third-order valence-corrected chi connectivity index (χ3v) is 2.76. The van der Waals surface area contributed by atoms with Crippen LogP contribution in [0.15, 0.2) is 18.5 Å². The summed E-state index contributed by atoms with van der Waals surface area (Å²) in [4.78, 5) is 4.21. The molecule has 1 saturated heterocycles. The van der Waals surface area contributed by atoms with E-state index in [0.717, 1.165) is 12.3 Å². The van der Waals surface area contributed by atoms with E-state index in [4.69, 9.17) is 4.74 Å². The third kappa shape index (κ3) is 2.69. The van der Waals surface area contributed by atoms with Crippen molar-refractivity contribution in [2.45, 2.75) is 32.2 Å². The van der Waals surface area contributed by atoms with Crippen LogP contribution in [0.1, 0.15) is 37.8 Å². The molecule has 1 aromatic heterocycles. The van der Waals surface area contributed by atoms with Crippen molar-refractivity contribution in [3.05, 3.63) is 24.0 Å². The molecule has 1 N–H and O–H groups in total. The molecule has 0 amide bonds. The second-order valence-electron chi connectivity index (χ2n) is 3.89. The van der Waals surface area contributed by atoms with Gasteiger partial charge in [-0.2, -0.15) is 0 Å². The van der Waals surface area contributed by atoms with Crippen LogP contribution in [0.25, 0.3) is 0 Å². The highest BCUT2D eigenvalue weighted by molar-refractivity contribution is 5.26. The Morgan fingerprint density at radius 3 is 3.13 bits per heavy atom. The van der Waals surface area contributed by atoms with Crippen LogP contribution in [0.4, 0.5) is 0 Å². The Morgan fingerprint density at radius 2 is 2.40 bits per heavy atom. The molecule has 2 heterocycles. The smallest absolute Gasteiger partial charge is 0.137 e. The minimum absolute atomic E-state index is 0.464. The van der Waals surface area contributed by atoms with Gasteiger partial charge in [-0.25, -0.2) is 0 Å². The monoisotopic (exact) mass is 206 g/mol. The lowest BCUT2D eigenvalue weighted by Crippen LogP contribution is -2.26. The molecule has 1 unspecified atom stereocenters. The molecule has 3 nitrogen and oxygen atoms in total. The van der Waals surface area contributed by atoms with Crippen molar-refractivity contribution in [2.24, 2.45) is 0 Å². The van der Waals surface area contributed by atoms with Crippen molar-refractivity contribution in [3.63, 3.8) is 0 Å². The number of aromatic nitrogens is 1. The predicted octanol–water partition coefficient (Wildman–Crippen LogP) is 2.29. The van der Waals surface area contributed by atoms with Crippen LogP contribution >= 0.6 is 0 Å². The summed E-state index contributed by atoms with van der Waals surface area (Å²) < 4.78 is 5.45. The summed E-state index contributed by atoms with van der Waals surface area (Å²) in [6.45, 7) is 3.80. The molecule has 2 rings (SSSR count). The van der Waals surface area contributed by atoms with Crippen LogP contribution in [0.5, 0.6) is 5.75 Å². The number of pyridine rings is 1. The van der Waals surface area contributed by atoms with Crippen LogP contribution in [-0.4, -0.2) is 18.1 Å². The molecule has 0 spiro atoms. The Hall–Kier alpha value is -1.09. The van der Waals surface area contributed by atoms with E-state index in [0.29, 0.717) is 12.6 Å². The first kappa shape index (κ1) is 10.4. The van der Waals surface area contributed by atoms with Gasteiger partial charge in [0.05, 0.1) is 12.8 Å². The molecule has 0 radical (unpaired) electrons. The molecule has 0 saturated carbocycles. The van der Waals surface area contributed by atoms with Crippen LogP contribution < -0.4 is 10.1 Å². The lowest BCUT2D eigenvalue weighted by molar-refractivity contribution is 0.336. The molecular weight excluding hydrogens is 188 g/mol. The van der Waals surface area contributed by atoms with Gasteiger partial charge in [0.2, 0.25) is 0 Å². The van der Waals surface area contributed by atoms with Gasteiger partial charge in [0.1, 0.15) is 5.75 Å². The van der Waals surface area contributed by atoms with E-state index in [9.17, 15) is 0 Å². The predicted molar refractivity (Wildman–Crippen MR) is 60.0 cm³/mol. The first-order valence-corrected chi connectivity index (χ1v) is 5.71. The zero-order chi connectivity index (χ0) is 10.5. The quantitative estimate of drug-likeness (QED) is 0.824. The molecule has 3 heteroatoms. The summed E-state index contributed by atoms with van der Waals surface area (Å²) in [7, 11) is 0. The Labute approximate surface area is 90.9 Å². The van der Waals surface area contributed by atoms with E-state index in [1.807, 2.05) is 13.1 Å². The number of nitrogens with one attached hydrogen (secondary N) is 1. The van der Waals surface area contributed by atoms with Crippen molar-refractivity contribution in [2.75, 3.05) is 13.2 Å². The molecule has 1 aromatic rings. The first-order valence-electron chi connectivity index (χ1n) is 5.71. The van der Waals surface area contributed by atoms with Crippen LogP contribution in [-0.2, 0) is 0 Å². The van der Waals surface area contributed by atoms with Crippen LogP contribution in [0, 0.1) is 0 Å². The Morgan fingerprint density at radius 1 is 1.47 bits per heavy atom. The van der Waals surface area contributed by atoms with Gasteiger partial charge in [-0.05, 0) is 37.9 Å². The van der Waals surface area contributed by atoms with E-state index < -0.39 is 0 Å². The number of rotatable bonds is 3. The molecule has 1 fully saturated rings. The zero-order valence-electron chi connectivity index (χ0n) is 9.20. The molecule has 0 bridgehead atoms. The highest BCUT2D eigenvalue weighted by Gasteiger charge is 2.15. The fourth-order valence-corrected chi connectivity index (χ4v) is 2.01. The van der Waals surface area contributed by atoms with E-state index in [2.05, 4.69) is 16.4 Å².